The number of nitrogens with zero attached hydrogens (tertiary/aromatic N) is 2. The molecule has 0 aliphatic rings. The zero-order valence-corrected chi connectivity index (χ0v) is 9.52. The molecule has 0 saturated carbocycles. The van der Waals surface area contributed by atoms with Crippen molar-refractivity contribution in [1.82, 2.24) is 10.2 Å². The third-order valence-corrected chi connectivity index (χ3v) is 3.17. The Labute approximate surface area is 84.4 Å². The highest BCUT2D eigenvalue weighted by atomic mass is 32.1. The van der Waals surface area contributed by atoms with Gasteiger partial charge in [-0.3, -0.25) is 0 Å². The summed E-state index contributed by atoms with van der Waals surface area (Å²) in [5, 5.41) is 10.6. The first-order chi connectivity index (χ1) is 6.27. The summed E-state index contributed by atoms with van der Waals surface area (Å²) < 4.78 is 0. The smallest absolute Gasteiger partial charge is 0.120 e. The van der Waals surface area contributed by atoms with Crippen LogP contribution in [0.1, 0.15) is 55.5 Å². The molecule has 1 aromatic rings. The first-order valence-corrected chi connectivity index (χ1v) is 5.89. The number of rotatable bonds is 5. The predicted molar refractivity (Wildman–Crippen MR) is 57.2 cm³/mol. The molecular weight excluding hydrogens is 180 g/mol. The van der Waals surface area contributed by atoms with Crippen LogP contribution in [0.5, 0.6) is 0 Å². The largest absolute Gasteiger partial charge is 0.144 e. The number of aryl methyl sites for hydroxylation is 1. The number of hydrogen-bond donors (Lipinski definition) is 0. The SMILES string of the molecule is CCCC(CCC)c1nnc(C)s1. The Bertz CT molecular complexity index is 239. The third-order valence-electron chi connectivity index (χ3n) is 2.17. The zero-order chi connectivity index (χ0) is 9.68. The van der Waals surface area contributed by atoms with Crippen LogP contribution < -0.4 is 0 Å². The van der Waals surface area contributed by atoms with Gasteiger partial charge in [-0.15, -0.1) is 21.5 Å². The van der Waals surface area contributed by atoms with Crippen LogP contribution >= 0.6 is 11.3 Å². The molecule has 1 rings (SSSR count). The van der Waals surface area contributed by atoms with Gasteiger partial charge in [0, 0.05) is 5.92 Å². The molecule has 2 nitrogen and oxygen atoms in total. The number of hydrogen-bond acceptors (Lipinski definition) is 3. The van der Waals surface area contributed by atoms with E-state index in [0.29, 0.717) is 5.92 Å². The van der Waals surface area contributed by atoms with Crippen LogP contribution in [0.25, 0.3) is 0 Å². The Morgan fingerprint density at radius 1 is 1.15 bits per heavy atom. The van der Waals surface area contributed by atoms with Crippen LogP contribution in [0.2, 0.25) is 0 Å². The van der Waals surface area contributed by atoms with Gasteiger partial charge in [0.15, 0.2) is 0 Å². The van der Waals surface area contributed by atoms with E-state index in [-0.39, 0.29) is 0 Å². The molecule has 0 unspecified atom stereocenters. The molecule has 0 aromatic carbocycles. The average molecular weight is 198 g/mol. The Kier molecular flexibility index (Phi) is 4.36. The summed E-state index contributed by atoms with van der Waals surface area (Å²) in [5.41, 5.74) is 0. The zero-order valence-electron chi connectivity index (χ0n) is 8.71. The molecule has 0 atom stereocenters. The van der Waals surface area contributed by atoms with Crippen molar-refractivity contribution in [3.63, 3.8) is 0 Å². The maximum atomic E-state index is 4.22. The summed E-state index contributed by atoms with van der Waals surface area (Å²) in [6.07, 6.45) is 4.98. The lowest BCUT2D eigenvalue weighted by molar-refractivity contribution is 0.554. The fourth-order valence-electron chi connectivity index (χ4n) is 1.57. The fraction of sp³-hybridized carbons (Fsp3) is 0.800. The first-order valence-electron chi connectivity index (χ1n) is 5.07. The van der Waals surface area contributed by atoms with Crippen molar-refractivity contribution in [2.24, 2.45) is 0 Å². The standard InChI is InChI=1S/C10H18N2S/c1-4-6-9(7-5-2)10-12-11-8(3)13-10/h9H,4-7H2,1-3H3. The van der Waals surface area contributed by atoms with E-state index in [2.05, 4.69) is 24.0 Å². The molecule has 3 heteroatoms. The van der Waals surface area contributed by atoms with Crippen LogP contribution in [0.15, 0.2) is 0 Å². The lowest BCUT2D eigenvalue weighted by Gasteiger charge is -2.10. The van der Waals surface area contributed by atoms with Crippen LogP contribution in [-0.4, -0.2) is 10.2 Å². The van der Waals surface area contributed by atoms with Gasteiger partial charge in [-0.25, -0.2) is 0 Å². The van der Waals surface area contributed by atoms with Crippen LogP contribution in [0.3, 0.4) is 0 Å². The molecule has 0 amide bonds. The molecule has 0 N–H and O–H groups in total. The van der Waals surface area contributed by atoms with E-state index in [4.69, 9.17) is 0 Å². The minimum atomic E-state index is 0.654. The summed E-state index contributed by atoms with van der Waals surface area (Å²) in [4.78, 5) is 0. The highest BCUT2D eigenvalue weighted by molar-refractivity contribution is 7.11. The van der Waals surface area contributed by atoms with Gasteiger partial charge in [0.25, 0.3) is 0 Å². The topological polar surface area (TPSA) is 25.8 Å². The summed E-state index contributed by atoms with van der Waals surface area (Å²) in [6, 6.07) is 0. The van der Waals surface area contributed by atoms with Gasteiger partial charge in [0.05, 0.1) is 0 Å². The van der Waals surface area contributed by atoms with Crippen molar-refractivity contribution in [3.8, 4) is 0 Å². The molecule has 0 aliphatic carbocycles. The molecule has 1 aromatic heterocycles. The highest BCUT2D eigenvalue weighted by Gasteiger charge is 2.13. The average Bonchev–Trinajstić information content (AvgIpc) is 2.51. The highest BCUT2D eigenvalue weighted by Crippen LogP contribution is 2.28. The Balaban J connectivity index is 2.63. The Morgan fingerprint density at radius 3 is 2.15 bits per heavy atom. The lowest BCUT2D eigenvalue weighted by atomic mass is 9.99. The van der Waals surface area contributed by atoms with E-state index in [9.17, 15) is 0 Å². The molecule has 74 valence electrons. The van der Waals surface area contributed by atoms with Gasteiger partial charge < -0.3 is 0 Å². The molecule has 0 aliphatic heterocycles. The van der Waals surface area contributed by atoms with Gasteiger partial charge in [-0.1, -0.05) is 26.7 Å². The van der Waals surface area contributed by atoms with Crippen molar-refractivity contribution >= 4 is 11.3 Å². The number of aromatic nitrogens is 2. The minimum Gasteiger partial charge on any atom is -0.144 e. The summed E-state index contributed by atoms with van der Waals surface area (Å²) in [7, 11) is 0. The monoisotopic (exact) mass is 198 g/mol. The van der Waals surface area contributed by atoms with Crippen molar-refractivity contribution in [1.29, 1.82) is 0 Å². The van der Waals surface area contributed by atoms with Gasteiger partial charge in [0.2, 0.25) is 0 Å². The molecule has 0 fully saturated rings. The molecule has 0 bridgehead atoms. The van der Waals surface area contributed by atoms with Crippen molar-refractivity contribution in [2.75, 3.05) is 0 Å². The van der Waals surface area contributed by atoms with Crippen LogP contribution in [0.4, 0.5) is 0 Å². The quantitative estimate of drug-likeness (QED) is 0.723. The molecule has 0 spiro atoms. The van der Waals surface area contributed by atoms with Gasteiger partial charge in [-0.05, 0) is 19.8 Å². The summed E-state index contributed by atoms with van der Waals surface area (Å²) >= 11 is 1.75. The van der Waals surface area contributed by atoms with E-state index in [1.807, 2.05) is 6.92 Å². The lowest BCUT2D eigenvalue weighted by Crippen LogP contribution is -1.97. The Hall–Kier alpha value is -0.440. The van der Waals surface area contributed by atoms with Gasteiger partial charge in [-0.2, -0.15) is 0 Å². The second-order valence-corrected chi connectivity index (χ2v) is 4.65. The van der Waals surface area contributed by atoms with Gasteiger partial charge in [0.1, 0.15) is 10.0 Å². The van der Waals surface area contributed by atoms with E-state index in [1.165, 1.54) is 30.7 Å². The summed E-state index contributed by atoms with van der Waals surface area (Å²) in [5.74, 6) is 0.654. The molecule has 0 saturated heterocycles. The second-order valence-electron chi connectivity index (χ2n) is 3.43. The normalized spacial score (nSPS) is 11.1. The molecule has 13 heavy (non-hydrogen) atoms. The van der Waals surface area contributed by atoms with E-state index in [0.717, 1.165) is 5.01 Å². The second kappa shape index (κ2) is 5.32. The van der Waals surface area contributed by atoms with Crippen molar-refractivity contribution in [3.05, 3.63) is 10.0 Å². The molecule has 1 heterocycles. The maximum Gasteiger partial charge on any atom is 0.120 e. The molecular formula is C10H18N2S. The van der Waals surface area contributed by atoms with Crippen molar-refractivity contribution in [2.45, 2.75) is 52.4 Å². The third kappa shape index (κ3) is 3.07. The predicted octanol–water partition coefficient (Wildman–Crippen LogP) is 3.53. The van der Waals surface area contributed by atoms with Gasteiger partial charge >= 0.3 is 0 Å². The van der Waals surface area contributed by atoms with Crippen LogP contribution in [0, 0.1) is 6.92 Å². The minimum absolute atomic E-state index is 0.654. The first kappa shape index (κ1) is 10.6. The maximum absolute atomic E-state index is 4.22. The summed E-state index contributed by atoms with van der Waals surface area (Å²) in [6.45, 7) is 6.49. The van der Waals surface area contributed by atoms with E-state index >= 15 is 0 Å². The molecule has 0 radical (unpaired) electrons. The van der Waals surface area contributed by atoms with Crippen LogP contribution in [-0.2, 0) is 0 Å². The van der Waals surface area contributed by atoms with E-state index in [1.54, 1.807) is 11.3 Å². The fourth-order valence-corrected chi connectivity index (χ4v) is 2.43. The Morgan fingerprint density at radius 2 is 1.77 bits per heavy atom. The van der Waals surface area contributed by atoms with Crippen molar-refractivity contribution < 1.29 is 0 Å². The van der Waals surface area contributed by atoms with E-state index < -0.39 is 0 Å².